The molecule has 1 aromatic rings. The first-order valence-corrected chi connectivity index (χ1v) is 3.35. The van der Waals surface area contributed by atoms with Crippen molar-refractivity contribution >= 4 is 22.6 Å². The molecule has 0 heterocycles. The maximum atomic E-state index is 7.41. The van der Waals surface area contributed by atoms with Gasteiger partial charge in [-0.05, 0) is 41.6 Å². The van der Waals surface area contributed by atoms with E-state index in [1.807, 2.05) is 22.6 Å². The van der Waals surface area contributed by atoms with Gasteiger partial charge in [-0.3, -0.25) is 0 Å². The van der Waals surface area contributed by atoms with E-state index >= 15 is 0 Å². The second-order valence-corrected chi connectivity index (χ2v) is 2.67. The molecule has 0 atom stereocenters. The van der Waals surface area contributed by atoms with E-state index in [2.05, 4.69) is 0 Å². The number of hydrogen-bond acceptors (Lipinski definition) is 0. The van der Waals surface area contributed by atoms with E-state index < -0.39 is 0 Å². The van der Waals surface area contributed by atoms with Gasteiger partial charge < -0.3 is 0 Å². The van der Waals surface area contributed by atoms with Gasteiger partial charge in [0.2, 0.25) is 0 Å². The SMILES string of the molecule is [2H]c1cc(I)c([2H])c([2H])c1C. The molecule has 0 aliphatic rings. The maximum absolute atomic E-state index is 7.41. The lowest BCUT2D eigenvalue weighted by Crippen LogP contribution is -1.69. The van der Waals surface area contributed by atoms with E-state index in [1.54, 1.807) is 13.0 Å². The standard InChI is InChI=1S/C7H7I/c1-6-2-4-7(8)5-3-6/h2-5H,1H3/i2D,3D,4D. The molecule has 0 N–H and O–H groups in total. The van der Waals surface area contributed by atoms with E-state index in [-0.39, 0.29) is 12.1 Å². The van der Waals surface area contributed by atoms with Crippen LogP contribution in [0, 0.1) is 10.5 Å². The first kappa shape index (κ1) is 3.20. The van der Waals surface area contributed by atoms with Crippen LogP contribution in [0.25, 0.3) is 0 Å². The van der Waals surface area contributed by atoms with Crippen molar-refractivity contribution in [1.82, 2.24) is 0 Å². The molecule has 42 valence electrons. The fraction of sp³-hybridized carbons (Fsp3) is 0.143. The topological polar surface area (TPSA) is 0 Å². The predicted molar refractivity (Wildman–Crippen MR) is 43.9 cm³/mol. The summed E-state index contributed by atoms with van der Waals surface area (Å²) in [6.45, 7) is 1.69. The van der Waals surface area contributed by atoms with Crippen molar-refractivity contribution in [2.24, 2.45) is 0 Å². The van der Waals surface area contributed by atoms with Crippen molar-refractivity contribution in [2.45, 2.75) is 6.92 Å². The molecule has 0 nitrogen and oxygen atoms in total. The number of halogens is 1. The molecule has 0 saturated carbocycles. The summed E-state index contributed by atoms with van der Waals surface area (Å²) >= 11 is 1.96. The van der Waals surface area contributed by atoms with Gasteiger partial charge in [0.1, 0.15) is 0 Å². The zero-order valence-corrected chi connectivity index (χ0v) is 6.61. The highest BCUT2D eigenvalue weighted by Crippen LogP contribution is 2.04. The summed E-state index contributed by atoms with van der Waals surface area (Å²) in [5.74, 6) is 0. The molecule has 0 aromatic heterocycles. The first-order chi connectivity index (χ1) is 5.04. The summed E-state index contributed by atoms with van der Waals surface area (Å²) in [5, 5.41) is 0. The average molecular weight is 221 g/mol. The van der Waals surface area contributed by atoms with Gasteiger partial charge in [0.15, 0.2) is 0 Å². The van der Waals surface area contributed by atoms with Gasteiger partial charge in [0.05, 0.1) is 4.11 Å². The van der Waals surface area contributed by atoms with Crippen LogP contribution in [-0.4, -0.2) is 0 Å². The van der Waals surface area contributed by atoms with Crippen molar-refractivity contribution in [3.63, 3.8) is 0 Å². The Morgan fingerprint density at radius 1 is 1.50 bits per heavy atom. The average Bonchev–Trinajstić information content (AvgIpc) is 1.97. The van der Waals surface area contributed by atoms with Crippen LogP contribution >= 0.6 is 22.6 Å². The normalized spacial score (nSPS) is 14.5. The second kappa shape index (κ2) is 2.49. The zero-order chi connectivity index (χ0) is 8.59. The minimum absolute atomic E-state index is 0.168. The highest BCUT2D eigenvalue weighted by atomic mass is 127. The lowest BCUT2D eigenvalue weighted by Gasteiger charge is -1.88. The maximum Gasteiger partial charge on any atom is 0.0634 e. The molecule has 1 rings (SSSR count). The molecule has 1 heteroatoms. The van der Waals surface area contributed by atoms with Crippen molar-refractivity contribution in [3.05, 3.63) is 33.3 Å². The largest absolute Gasteiger partial charge is 0.0634 e. The van der Waals surface area contributed by atoms with Crippen LogP contribution < -0.4 is 0 Å². The second-order valence-electron chi connectivity index (χ2n) is 1.51. The van der Waals surface area contributed by atoms with Crippen LogP contribution in [-0.2, 0) is 0 Å². The van der Waals surface area contributed by atoms with Crippen molar-refractivity contribution in [1.29, 1.82) is 0 Å². The zero-order valence-electron chi connectivity index (χ0n) is 7.46. The molecule has 0 amide bonds. The van der Waals surface area contributed by atoms with Gasteiger partial charge in [-0.2, -0.15) is 0 Å². The highest BCUT2D eigenvalue weighted by molar-refractivity contribution is 14.1. The Morgan fingerprint density at radius 3 is 3.00 bits per heavy atom. The van der Waals surface area contributed by atoms with E-state index in [9.17, 15) is 0 Å². The first-order valence-electron chi connectivity index (χ1n) is 3.77. The third-order valence-corrected chi connectivity index (χ3v) is 1.37. The fourth-order valence-corrected chi connectivity index (χ4v) is 0.688. The Balaban J connectivity index is 3.46. The van der Waals surface area contributed by atoms with Gasteiger partial charge in [-0.15, -0.1) is 0 Å². The summed E-state index contributed by atoms with van der Waals surface area (Å²) < 4.78 is 22.9. The van der Waals surface area contributed by atoms with Crippen LogP contribution in [0.3, 0.4) is 0 Å². The number of benzene rings is 1. The molecule has 8 heavy (non-hydrogen) atoms. The molecule has 0 unspecified atom stereocenters. The minimum Gasteiger partial charge on any atom is -0.0583 e. The van der Waals surface area contributed by atoms with E-state index in [0.717, 1.165) is 0 Å². The van der Waals surface area contributed by atoms with Crippen LogP contribution in [0.1, 0.15) is 9.68 Å². The Hall–Kier alpha value is -0.0500. The van der Waals surface area contributed by atoms with Gasteiger partial charge in [-0.25, -0.2) is 0 Å². The summed E-state index contributed by atoms with van der Waals surface area (Å²) in [7, 11) is 0. The molecule has 0 saturated heterocycles. The Bertz CT molecular complexity index is 270. The van der Waals surface area contributed by atoms with Gasteiger partial charge in [-0.1, -0.05) is 17.6 Å². The van der Waals surface area contributed by atoms with Crippen LogP contribution in [0.2, 0.25) is 0 Å². The molecule has 0 bridgehead atoms. The molecule has 0 aliphatic heterocycles. The van der Waals surface area contributed by atoms with Crippen molar-refractivity contribution in [2.75, 3.05) is 0 Å². The molecule has 0 fully saturated rings. The lowest BCUT2D eigenvalue weighted by molar-refractivity contribution is 1.46. The third-order valence-electron chi connectivity index (χ3n) is 0.785. The highest BCUT2D eigenvalue weighted by Gasteiger charge is 1.81. The summed E-state index contributed by atoms with van der Waals surface area (Å²) in [5.41, 5.74) is 0.579. The molecular weight excluding hydrogens is 211 g/mol. The molecule has 0 spiro atoms. The Kier molecular flexibility index (Phi) is 0.995. The lowest BCUT2D eigenvalue weighted by atomic mass is 10.2. The molecular formula is C7H7I. The van der Waals surface area contributed by atoms with Crippen molar-refractivity contribution in [3.8, 4) is 0 Å². The van der Waals surface area contributed by atoms with Crippen LogP contribution in [0.4, 0.5) is 0 Å². The Morgan fingerprint density at radius 2 is 2.25 bits per heavy atom. The summed E-state index contributed by atoms with van der Waals surface area (Å²) in [6, 6.07) is 2.34. The van der Waals surface area contributed by atoms with Crippen molar-refractivity contribution < 1.29 is 4.11 Å². The number of hydrogen-bond donors (Lipinski definition) is 0. The predicted octanol–water partition coefficient (Wildman–Crippen LogP) is 2.60. The number of rotatable bonds is 0. The smallest absolute Gasteiger partial charge is 0.0583 e. The summed E-state index contributed by atoms with van der Waals surface area (Å²) in [6.07, 6.45) is 0. The van der Waals surface area contributed by atoms with E-state index in [4.69, 9.17) is 4.11 Å². The molecule has 1 aromatic carbocycles. The van der Waals surface area contributed by atoms with E-state index in [1.165, 1.54) is 0 Å². The quantitative estimate of drug-likeness (QED) is 0.590. The van der Waals surface area contributed by atoms with Gasteiger partial charge in [0.25, 0.3) is 0 Å². The molecule has 0 aliphatic carbocycles. The monoisotopic (exact) mass is 221 g/mol. The minimum atomic E-state index is 0.168. The Labute approximate surface area is 67.3 Å². The van der Waals surface area contributed by atoms with Gasteiger partial charge in [0, 0.05) is 3.57 Å². The van der Waals surface area contributed by atoms with Crippen LogP contribution in [0.5, 0.6) is 0 Å². The fourth-order valence-electron chi connectivity index (χ4n) is 0.397. The van der Waals surface area contributed by atoms with Crippen LogP contribution in [0.15, 0.2) is 24.2 Å². The van der Waals surface area contributed by atoms with Gasteiger partial charge >= 0.3 is 0 Å². The van der Waals surface area contributed by atoms with E-state index in [0.29, 0.717) is 15.2 Å². The summed E-state index contributed by atoms with van der Waals surface area (Å²) in [4.78, 5) is 0. The third kappa shape index (κ3) is 1.47. The molecule has 0 radical (unpaired) electrons.